The third-order valence-electron chi connectivity index (χ3n) is 3.37. The molecule has 140 valence electrons. The molecule has 0 amide bonds. The molecule has 0 unspecified atom stereocenters. The molecule has 0 fully saturated rings. The van der Waals surface area contributed by atoms with Gasteiger partial charge in [0.1, 0.15) is 6.33 Å². The van der Waals surface area contributed by atoms with Gasteiger partial charge in [-0.25, -0.2) is 23.5 Å². The van der Waals surface area contributed by atoms with Gasteiger partial charge in [-0.2, -0.15) is 4.98 Å². The molecule has 8 nitrogen and oxygen atoms in total. The molecular weight excluding hydrogens is 456 g/mol. The van der Waals surface area contributed by atoms with Gasteiger partial charge in [0.25, 0.3) is 0 Å². The summed E-state index contributed by atoms with van der Waals surface area (Å²) in [5, 5.41) is 11.8. The number of aromatic nitrogens is 3. The Morgan fingerprint density at radius 2 is 1.89 bits per heavy atom. The van der Waals surface area contributed by atoms with Gasteiger partial charge in [-0.1, -0.05) is 39.7 Å². The number of nitrogens with zero attached hydrogens (tertiary/aromatic N) is 3. The number of halogens is 2. The van der Waals surface area contributed by atoms with Crippen molar-refractivity contribution in [2.24, 2.45) is 5.14 Å². The van der Waals surface area contributed by atoms with E-state index in [1.54, 1.807) is 24.3 Å². The van der Waals surface area contributed by atoms with Gasteiger partial charge in [-0.15, -0.1) is 0 Å². The van der Waals surface area contributed by atoms with E-state index in [4.69, 9.17) is 16.7 Å². The first-order valence-corrected chi connectivity index (χ1v) is 10.3. The molecule has 4 N–H and O–H groups in total. The van der Waals surface area contributed by atoms with Gasteiger partial charge >= 0.3 is 0 Å². The molecule has 11 heteroatoms. The molecule has 2 aromatic carbocycles. The SMILES string of the molecule is NS(=O)(=O)c1cccc(CNc2ncnc(Nc3cc(Cl)cc(Br)c3)n2)c1. The maximum atomic E-state index is 11.4. The first-order valence-electron chi connectivity index (χ1n) is 7.57. The first-order chi connectivity index (χ1) is 12.8. The third kappa shape index (κ3) is 5.60. The van der Waals surface area contributed by atoms with E-state index in [1.165, 1.54) is 18.5 Å². The maximum absolute atomic E-state index is 11.4. The van der Waals surface area contributed by atoms with Crippen molar-refractivity contribution in [2.75, 3.05) is 10.6 Å². The smallest absolute Gasteiger partial charge is 0.238 e. The predicted octanol–water partition coefficient (Wildman–Crippen LogP) is 3.29. The van der Waals surface area contributed by atoms with E-state index >= 15 is 0 Å². The summed E-state index contributed by atoms with van der Waals surface area (Å²) in [5.74, 6) is 0.662. The monoisotopic (exact) mass is 468 g/mol. The lowest BCUT2D eigenvalue weighted by Crippen LogP contribution is -2.13. The van der Waals surface area contributed by atoms with Crippen molar-refractivity contribution in [3.05, 3.63) is 63.9 Å². The fourth-order valence-electron chi connectivity index (χ4n) is 2.21. The number of hydrogen-bond acceptors (Lipinski definition) is 7. The standard InChI is InChI=1S/C16H14BrClN6O2S/c17-11-5-12(18)7-13(6-11)23-16-22-9-21-15(24-16)20-8-10-2-1-3-14(4-10)27(19,25)26/h1-7,9H,8H2,(H2,19,25,26)(H2,20,21,22,23,24). The predicted molar refractivity (Wildman–Crippen MR) is 107 cm³/mol. The topological polar surface area (TPSA) is 123 Å². The lowest BCUT2D eigenvalue weighted by molar-refractivity contribution is 0.597. The largest absolute Gasteiger partial charge is 0.350 e. The lowest BCUT2D eigenvalue weighted by atomic mass is 10.2. The molecule has 1 heterocycles. The molecule has 0 aliphatic heterocycles. The van der Waals surface area contributed by atoms with Crippen molar-refractivity contribution in [3.8, 4) is 0 Å². The average molecular weight is 470 g/mol. The van der Waals surface area contributed by atoms with E-state index < -0.39 is 10.0 Å². The van der Waals surface area contributed by atoms with Crippen molar-refractivity contribution >= 4 is 55.1 Å². The Balaban J connectivity index is 1.71. The minimum atomic E-state index is -3.75. The summed E-state index contributed by atoms with van der Waals surface area (Å²) in [6.45, 7) is 0.315. The lowest BCUT2D eigenvalue weighted by Gasteiger charge is -2.09. The molecule has 0 saturated carbocycles. The van der Waals surface area contributed by atoms with Crippen LogP contribution in [0.2, 0.25) is 5.02 Å². The van der Waals surface area contributed by atoms with Gasteiger partial charge in [0.05, 0.1) is 4.90 Å². The second-order valence-electron chi connectivity index (χ2n) is 5.46. The molecule has 1 aromatic heterocycles. The number of benzene rings is 2. The van der Waals surface area contributed by atoms with E-state index in [-0.39, 0.29) is 4.90 Å². The van der Waals surface area contributed by atoms with Crippen LogP contribution in [-0.4, -0.2) is 23.4 Å². The second-order valence-corrected chi connectivity index (χ2v) is 8.38. The Hall–Kier alpha value is -2.27. The molecule has 0 radical (unpaired) electrons. The molecule has 0 spiro atoms. The summed E-state index contributed by atoms with van der Waals surface area (Å²) in [5.41, 5.74) is 1.43. The summed E-state index contributed by atoms with van der Waals surface area (Å²) in [6.07, 6.45) is 1.36. The van der Waals surface area contributed by atoms with Crippen molar-refractivity contribution in [1.29, 1.82) is 0 Å². The minimum Gasteiger partial charge on any atom is -0.350 e. The van der Waals surface area contributed by atoms with Crippen LogP contribution in [0.4, 0.5) is 17.6 Å². The van der Waals surface area contributed by atoms with E-state index in [0.29, 0.717) is 29.2 Å². The van der Waals surface area contributed by atoms with E-state index in [1.807, 2.05) is 6.07 Å². The van der Waals surface area contributed by atoms with Crippen LogP contribution in [0.3, 0.4) is 0 Å². The van der Waals surface area contributed by atoms with Gasteiger partial charge in [-0.3, -0.25) is 0 Å². The molecule has 0 bridgehead atoms. The van der Waals surface area contributed by atoms with Gasteiger partial charge in [0.15, 0.2) is 0 Å². The maximum Gasteiger partial charge on any atom is 0.238 e. The average Bonchev–Trinajstić information content (AvgIpc) is 2.59. The molecule has 27 heavy (non-hydrogen) atoms. The molecule has 3 rings (SSSR count). The van der Waals surface area contributed by atoms with E-state index in [9.17, 15) is 8.42 Å². The zero-order valence-electron chi connectivity index (χ0n) is 13.7. The van der Waals surface area contributed by atoms with Crippen LogP contribution in [0, 0.1) is 0 Å². The van der Waals surface area contributed by atoms with Crippen LogP contribution in [-0.2, 0) is 16.6 Å². The molecule has 3 aromatic rings. The highest BCUT2D eigenvalue weighted by atomic mass is 79.9. The fourth-order valence-corrected chi connectivity index (χ4v) is 3.65. The van der Waals surface area contributed by atoms with Gasteiger partial charge in [0, 0.05) is 21.7 Å². The second kappa shape index (κ2) is 8.17. The van der Waals surface area contributed by atoms with Crippen molar-refractivity contribution in [2.45, 2.75) is 11.4 Å². The minimum absolute atomic E-state index is 0.0475. The Kier molecular flexibility index (Phi) is 5.90. The summed E-state index contributed by atoms with van der Waals surface area (Å²) >= 11 is 9.39. The van der Waals surface area contributed by atoms with Crippen LogP contribution in [0.5, 0.6) is 0 Å². The van der Waals surface area contributed by atoms with Gasteiger partial charge in [-0.05, 0) is 35.9 Å². The number of hydrogen-bond donors (Lipinski definition) is 3. The van der Waals surface area contributed by atoms with Crippen LogP contribution >= 0.6 is 27.5 Å². The Bertz CT molecular complexity index is 1060. The highest BCUT2D eigenvalue weighted by Gasteiger charge is 2.08. The van der Waals surface area contributed by atoms with Gasteiger partial charge < -0.3 is 10.6 Å². The zero-order valence-corrected chi connectivity index (χ0v) is 16.9. The van der Waals surface area contributed by atoms with Gasteiger partial charge in [0.2, 0.25) is 21.9 Å². The highest BCUT2D eigenvalue weighted by Crippen LogP contribution is 2.24. The summed E-state index contributed by atoms with van der Waals surface area (Å²) in [6, 6.07) is 11.7. The number of anilines is 3. The third-order valence-corrected chi connectivity index (χ3v) is 4.96. The van der Waals surface area contributed by atoms with Crippen molar-refractivity contribution in [3.63, 3.8) is 0 Å². The Morgan fingerprint density at radius 3 is 2.63 bits per heavy atom. The summed E-state index contributed by atoms with van der Waals surface area (Å²) in [4.78, 5) is 12.4. The Morgan fingerprint density at radius 1 is 1.11 bits per heavy atom. The molecule has 0 aliphatic rings. The summed E-state index contributed by atoms with van der Waals surface area (Å²) in [7, 11) is -3.75. The van der Waals surface area contributed by atoms with Crippen LogP contribution in [0.25, 0.3) is 0 Å². The van der Waals surface area contributed by atoms with Crippen molar-refractivity contribution < 1.29 is 8.42 Å². The highest BCUT2D eigenvalue weighted by molar-refractivity contribution is 9.10. The fraction of sp³-hybridized carbons (Fsp3) is 0.0625. The normalized spacial score (nSPS) is 11.2. The summed E-state index contributed by atoms with van der Waals surface area (Å²) < 4.78 is 23.7. The molecule has 0 aliphatic carbocycles. The van der Waals surface area contributed by atoms with Crippen LogP contribution in [0.1, 0.15) is 5.56 Å². The van der Waals surface area contributed by atoms with E-state index in [2.05, 4.69) is 41.5 Å². The van der Waals surface area contributed by atoms with Crippen molar-refractivity contribution in [1.82, 2.24) is 15.0 Å². The van der Waals surface area contributed by atoms with Crippen LogP contribution in [0.15, 0.2) is 58.2 Å². The number of nitrogens with two attached hydrogens (primary N) is 1. The Labute approximate surface area is 169 Å². The molecule has 0 atom stereocenters. The molecule has 0 saturated heterocycles. The zero-order chi connectivity index (χ0) is 19.4. The number of rotatable bonds is 6. The number of sulfonamides is 1. The first kappa shape index (κ1) is 19.5. The number of nitrogens with one attached hydrogen (secondary N) is 2. The van der Waals surface area contributed by atoms with E-state index in [0.717, 1.165) is 10.0 Å². The molecular formula is C16H14BrClN6O2S. The van der Waals surface area contributed by atoms with Crippen LogP contribution < -0.4 is 15.8 Å². The number of primary sulfonamides is 1. The quantitative estimate of drug-likeness (QED) is 0.506.